The molecule has 4 aliphatic carbocycles. The van der Waals surface area contributed by atoms with E-state index < -0.39 is 11.4 Å². The molecular weight excluding hydrogens is 288 g/mol. The van der Waals surface area contributed by atoms with Gasteiger partial charge in [-0.25, -0.2) is 0 Å². The Hall–Kier alpha value is -0.830. The summed E-state index contributed by atoms with van der Waals surface area (Å²) in [4.78, 5) is 12.0. The standard InChI is InChI=1S/C20H30O3/c1-12-13-5-6-15-18(2)8-4-9-19(3,17(22)23)14(18)7-10-20(15,11-13)16(12)21/h13-16,21H,1,4-11H2,2-3H3,(H,22,23)/t13-,14-,15+,16-,18+,19-,20-/m0/s1. The van der Waals surface area contributed by atoms with E-state index >= 15 is 0 Å². The fraction of sp³-hybridized carbons (Fsp3) is 0.850. The lowest BCUT2D eigenvalue weighted by Gasteiger charge is -2.63. The predicted molar refractivity (Wildman–Crippen MR) is 88.8 cm³/mol. The van der Waals surface area contributed by atoms with Gasteiger partial charge in [-0.2, -0.15) is 0 Å². The Bertz CT molecular complexity index is 569. The van der Waals surface area contributed by atoms with E-state index in [1.807, 2.05) is 6.92 Å². The Morgan fingerprint density at radius 1 is 1.13 bits per heavy atom. The first-order valence-electron chi connectivity index (χ1n) is 9.36. The quantitative estimate of drug-likeness (QED) is 0.718. The van der Waals surface area contributed by atoms with E-state index in [4.69, 9.17) is 0 Å². The third-order valence-corrected chi connectivity index (χ3v) is 8.70. The van der Waals surface area contributed by atoms with Crippen LogP contribution < -0.4 is 0 Å². The minimum Gasteiger partial charge on any atom is -0.481 e. The Kier molecular flexibility index (Phi) is 3.15. The van der Waals surface area contributed by atoms with Crippen LogP contribution in [0.2, 0.25) is 0 Å². The van der Waals surface area contributed by atoms with E-state index in [0.717, 1.165) is 56.9 Å². The summed E-state index contributed by atoms with van der Waals surface area (Å²) in [6.45, 7) is 8.53. The number of hydrogen-bond donors (Lipinski definition) is 2. The van der Waals surface area contributed by atoms with Gasteiger partial charge in [-0.05, 0) is 80.6 Å². The lowest BCUT2D eigenvalue weighted by Crippen LogP contribution is -2.60. The molecule has 2 N–H and O–H groups in total. The van der Waals surface area contributed by atoms with Crippen LogP contribution in [-0.4, -0.2) is 22.3 Å². The summed E-state index contributed by atoms with van der Waals surface area (Å²) in [6, 6.07) is 0. The lowest BCUT2D eigenvalue weighted by molar-refractivity contribution is -0.190. The van der Waals surface area contributed by atoms with E-state index in [2.05, 4.69) is 13.5 Å². The third-order valence-electron chi connectivity index (χ3n) is 8.70. The number of carboxylic acids is 1. The van der Waals surface area contributed by atoms with E-state index in [9.17, 15) is 15.0 Å². The first-order chi connectivity index (χ1) is 10.8. The normalized spacial score (nSPS) is 55.2. The van der Waals surface area contributed by atoms with Crippen LogP contribution in [0.1, 0.15) is 65.2 Å². The van der Waals surface area contributed by atoms with Gasteiger partial charge in [0.2, 0.25) is 0 Å². The van der Waals surface area contributed by atoms with Gasteiger partial charge in [-0.1, -0.05) is 19.9 Å². The van der Waals surface area contributed by atoms with Crippen molar-refractivity contribution in [3.8, 4) is 0 Å². The second kappa shape index (κ2) is 4.62. The van der Waals surface area contributed by atoms with Gasteiger partial charge in [0, 0.05) is 5.41 Å². The Labute approximate surface area is 139 Å². The molecule has 0 radical (unpaired) electrons. The van der Waals surface area contributed by atoms with Gasteiger partial charge in [0.1, 0.15) is 0 Å². The fourth-order valence-corrected chi connectivity index (χ4v) is 7.62. The number of hydrogen-bond acceptors (Lipinski definition) is 2. The molecule has 0 saturated heterocycles. The van der Waals surface area contributed by atoms with Crippen LogP contribution in [0.3, 0.4) is 0 Å². The highest BCUT2D eigenvalue weighted by Gasteiger charge is 2.67. The Morgan fingerprint density at radius 2 is 1.87 bits per heavy atom. The molecule has 128 valence electrons. The number of aliphatic carboxylic acids is 1. The zero-order valence-electron chi connectivity index (χ0n) is 14.5. The van der Waals surface area contributed by atoms with Crippen LogP contribution in [0.15, 0.2) is 12.2 Å². The van der Waals surface area contributed by atoms with Crippen LogP contribution in [0.4, 0.5) is 0 Å². The predicted octanol–water partition coefficient (Wildman–Crippen LogP) is 4.01. The molecule has 0 aliphatic heterocycles. The number of rotatable bonds is 1. The molecule has 1 spiro atoms. The van der Waals surface area contributed by atoms with Crippen LogP contribution in [0.25, 0.3) is 0 Å². The molecule has 4 rings (SSSR count). The Balaban J connectivity index is 1.78. The second-order valence-electron chi connectivity index (χ2n) is 9.41. The fourth-order valence-electron chi connectivity index (χ4n) is 7.62. The summed E-state index contributed by atoms with van der Waals surface area (Å²) in [5.74, 6) is 0.581. The highest BCUT2D eigenvalue weighted by molar-refractivity contribution is 5.75. The molecule has 0 aromatic carbocycles. The zero-order chi connectivity index (χ0) is 16.6. The summed E-state index contributed by atoms with van der Waals surface area (Å²) in [5.41, 5.74) is 0.514. The first-order valence-corrected chi connectivity index (χ1v) is 9.36. The summed E-state index contributed by atoms with van der Waals surface area (Å²) in [7, 11) is 0. The number of aliphatic hydroxyl groups excluding tert-OH is 1. The molecule has 0 heterocycles. The largest absolute Gasteiger partial charge is 0.481 e. The lowest BCUT2D eigenvalue weighted by atomic mass is 9.40. The first kappa shape index (κ1) is 15.7. The zero-order valence-corrected chi connectivity index (χ0v) is 14.5. The highest BCUT2D eigenvalue weighted by atomic mass is 16.4. The summed E-state index contributed by atoms with van der Waals surface area (Å²) >= 11 is 0. The van der Waals surface area contributed by atoms with Crippen LogP contribution in [0, 0.1) is 34.0 Å². The van der Waals surface area contributed by atoms with Crippen molar-refractivity contribution in [2.24, 2.45) is 34.0 Å². The molecule has 2 bridgehead atoms. The molecule has 0 aromatic heterocycles. The van der Waals surface area contributed by atoms with E-state index in [1.165, 1.54) is 0 Å². The molecular formula is C20H30O3. The third kappa shape index (κ3) is 1.72. The molecule has 0 amide bonds. The van der Waals surface area contributed by atoms with Crippen molar-refractivity contribution in [2.45, 2.75) is 71.3 Å². The monoisotopic (exact) mass is 318 g/mol. The minimum atomic E-state index is -0.616. The van der Waals surface area contributed by atoms with E-state index in [-0.39, 0.29) is 22.9 Å². The van der Waals surface area contributed by atoms with Crippen molar-refractivity contribution in [3.05, 3.63) is 12.2 Å². The van der Waals surface area contributed by atoms with Gasteiger partial charge < -0.3 is 10.2 Å². The molecule has 7 atom stereocenters. The average Bonchev–Trinajstić information content (AvgIpc) is 2.68. The van der Waals surface area contributed by atoms with Crippen LogP contribution in [-0.2, 0) is 4.79 Å². The van der Waals surface area contributed by atoms with Crippen LogP contribution >= 0.6 is 0 Å². The molecule has 3 heteroatoms. The smallest absolute Gasteiger partial charge is 0.309 e. The number of fused-ring (bicyclic) bond motifs is 3. The molecule has 23 heavy (non-hydrogen) atoms. The molecule has 4 fully saturated rings. The number of carboxylic acid groups (broad SMARTS) is 1. The molecule has 4 aliphatic rings. The van der Waals surface area contributed by atoms with Crippen molar-refractivity contribution in [1.82, 2.24) is 0 Å². The van der Waals surface area contributed by atoms with Crippen LogP contribution in [0.5, 0.6) is 0 Å². The molecule has 3 nitrogen and oxygen atoms in total. The van der Waals surface area contributed by atoms with E-state index in [0.29, 0.717) is 11.8 Å². The number of aliphatic hydroxyl groups is 1. The van der Waals surface area contributed by atoms with Crippen molar-refractivity contribution >= 4 is 5.97 Å². The topological polar surface area (TPSA) is 57.5 Å². The second-order valence-corrected chi connectivity index (χ2v) is 9.41. The maximum absolute atomic E-state index is 12.0. The van der Waals surface area contributed by atoms with Gasteiger partial charge in [0.15, 0.2) is 0 Å². The SMILES string of the molecule is C=C1[C@H]2CC[C@@H]3[C@]4(C)CCC[C@](C)(C(=O)O)[C@H]4CC[C@@]3(C2)[C@H]1O. The average molecular weight is 318 g/mol. The highest BCUT2D eigenvalue weighted by Crippen LogP contribution is 2.72. The maximum atomic E-state index is 12.0. The van der Waals surface area contributed by atoms with Gasteiger partial charge in [0.05, 0.1) is 11.5 Å². The number of carbonyl (C=O) groups is 1. The molecule has 4 saturated carbocycles. The van der Waals surface area contributed by atoms with Gasteiger partial charge >= 0.3 is 5.97 Å². The Morgan fingerprint density at radius 3 is 2.57 bits per heavy atom. The van der Waals surface area contributed by atoms with Crippen molar-refractivity contribution in [1.29, 1.82) is 0 Å². The molecule has 0 unspecified atom stereocenters. The van der Waals surface area contributed by atoms with Gasteiger partial charge in [-0.15, -0.1) is 0 Å². The van der Waals surface area contributed by atoms with Crippen molar-refractivity contribution in [2.75, 3.05) is 0 Å². The maximum Gasteiger partial charge on any atom is 0.309 e. The minimum absolute atomic E-state index is 0.0119. The van der Waals surface area contributed by atoms with Gasteiger partial charge in [0.25, 0.3) is 0 Å². The summed E-state index contributed by atoms with van der Waals surface area (Å²) in [6.07, 6.45) is 7.86. The summed E-state index contributed by atoms with van der Waals surface area (Å²) < 4.78 is 0. The summed E-state index contributed by atoms with van der Waals surface area (Å²) in [5, 5.41) is 20.9. The van der Waals surface area contributed by atoms with Crippen molar-refractivity contribution in [3.63, 3.8) is 0 Å². The van der Waals surface area contributed by atoms with E-state index in [1.54, 1.807) is 0 Å². The van der Waals surface area contributed by atoms with Crippen molar-refractivity contribution < 1.29 is 15.0 Å². The van der Waals surface area contributed by atoms with Gasteiger partial charge in [-0.3, -0.25) is 4.79 Å². The molecule has 0 aromatic rings.